The zero-order valence-corrected chi connectivity index (χ0v) is 10.7. The standard InChI is InChI=1S/C13H26N2O/c1-11(2)8-15-13(16)10-14-9-12-6-4-3-5-7-12/h11-12,14H,3-10H2,1-2H3,(H,15,16). The zero-order chi connectivity index (χ0) is 11.8. The van der Waals surface area contributed by atoms with E-state index in [0.29, 0.717) is 12.5 Å². The Hall–Kier alpha value is -0.570. The van der Waals surface area contributed by atoms with Crippen LogP contribution in [0.25, 0.3) is 0 Å². The van der Waals surface area contributed by atoms with Gasteiger partial charge in [-0.3, -0.25) is 4.79 Å². The topological polar surface area (TPSA) is 41.1 Å². The van der Waals surface area contributed by atoms with E-state index in [-0.39, 0.29) is 5.91 Å². The van der Waals surface area contributed by atoms with Crippen molar-refractivity contribution in [2.24, 2.45) is 11.8 Å². The predicted molar refractivity (Wildman–Crippen MR) is 67.3 cm³/mol. The van der Waals surface area contributed by atoms with E-state index >= 15 is 0 Å². The number of rotatable bonds is 6. The Morgan fingerprint density at radius 1 is 1.25 bits per heavy atom. The van der Waals surface area contributed by atoms with E-state index in [1.165, 1.54) is 32.1 Å². The first kappa shape index (κ1) is 13.5. The van der Waals surface area contributed by atoms with Gasteiger partial charge in [-0.1, -0.05) is 33.1 Å². The summed E-state index contributed by atoms with van der Waals surface area (Å²) in [5, 5.41) is 6.18. The summed E-state index contributed by atoms with van der Waals surface area (Å²) in [5.74, 6) is 1.46. The van der Waals surface area contributed by atoms with Gasteiger partial charge in [-0.15, -0.1) is 0 Å². The van der Waals surface area contributed by atoms with Crippen LogP contribution in [0.15, 0.2) is 0 Å². The first-order valence-corrected chi connectivity index (χ1v) is 6.66. The molecule has 1 aliphatic rings. The summed E-state index contributed by atoms with van der Waals surface area (Å²) < 4.78 is 0. The summed E-state index contributed by atoms with van der Waals surface area (Å²) in [5.41, 5.74) is 0. The highest BCUT2D eigenvalue weighted by Crippen LogP contribution is 2.22. The molecule has 1 fully saturated rings. The lowest BCUT2D eigenvalue weighted by Crippen LogP contribution is -2.37. The molecule has 1 rings (SSSR count). The van der Waals surface area contributed by atoms with Crippen LogP contribution in [-0.4, -0.2) is 25.5 Å². The maximum absolute atomic E-state index is 11.4. The molecule has 0 saturated heterocycles. The SMILES string of the molecule is CC(C)CNC(=O)CNCC1CCCCC1. The molecule has 0 bridgehead atoms. The summed E-state index contributed by atoms with van der Waals surface area (Å²) in [7, 11) is 0. The minimum atomic E-state index is 0.129. The third kappa shape index (κ3) is 6.11. The molecule has 1 saturated carbocycles. The van der Waals surface area contributed by atoms with Crippen LogP contribution in [0.5, 0.6) is 0 Å². The minimum Gasteiger partial charge on any atom is -0.355 e. The molecule has 0 atom stereocenters. The molecule has 0 aliphatic heterocycles. The highest BCUT2D eigenvalue weighted by molar-refractivity contribution is 5.77. The van der Waals surface area contributed by atoms with Crippen molar-refractivity contribution in [1.29, 1.82) is 0 Å². The van der Waals surface area contributed by atoms with Crippen LogP contribution in [0, 0.1) is 11.8 Å². The van der Waals surface area contributed by atoms with Crippen molar-refractivity contribution in [3.8, 4) is 0 Å². The van der Waals surface area contributed by atoms with Crippen molar-refractivity contribution in [1.82, 2.24) is 10.6 Å². The van der Waals surface area contributed by atoms with Crippen LogP contribution >= 0.6 is 0 Å². The van der Waals surface area contributed by atoms with Crippen molar-refractivity contribution in [2.75, 3.05) is 19.6 Å². The Balaban J connectivity index is 1.99. The third-order valence-corrected chi connectivity index (χ3v) is 3.15. The highest BCUT2D eigenvalue weighted by atomic mass is 16.1. The molecular weight excluding hydrogens is 200 g/mol. The molecule has 0 aromatic rings. The van der Waals surface area contributed by atoms with Gasteiger partial charge in [0.1, 0.15) is 0 Å². The quantitative estimate of drug-likeness (QED) is 0.726. The van der Waals surface area contributed by atoms with Gasteiger partial charge < -0.3 is 10.6 Å². The fraction of sp³-hybridized carbons (Fsp3) is 0.923. The van der Waals surface area contributed by atoms with Crippen LogP contribution in [0.4, 0.5) is 0 Å². The Kier molecular flexibility index (Phi) is 6.46. The lowest BCUT2D eigenvalue weighted by atomic mass is 9.89. The summed E-state index contributed by atoms with van der Waals surface area (Å²) >= 11 is 0. The molecule has 2 N–H and O–H groups in total. The monoisotopic (exact) mass is 226 g/mol. The molecule has 0 unspecified atom stereocenters. The number of hydrogen-bond donors (Lipinski definition) is 2. The van der Waals surface area contributed by atoms with Gasteiger partial charge in [-0.2, -0.15) is 0 Å². The number of nitrogens with one attached hydrogen (secondary N) is 2. The van der Waals surface area contributed by atoms with Gasteiger partial charge in [0.25, 0.3) is 0 Å². The average Bonchev–Trinajstić information content (AvgIpc) is 2.28. The molecule has 0 radical (unpaired) electrons. The molecule has 1 aliphatic carbocycles. The molecule has 0 spiro atoms. The first-order valence-electron chi connectivity index (χ1n) is 6.66. The van der Waals surface area contributed by atoms with Crippen molar-refractivity contribution < 1.29 is 4.79 Å². The summed E-state index contributed by atoms with van der Waals surface area (Å²) in [6, 6.07) is 0. The van der Waals surface area contributed by atoms with Gasteiger partial charge in [0, 0.05) is 6.54 Å². The van der Waals surface area contributed by atoms with Crippen LogP contribution in [-0.2, 0) is 4.79 Å². The second kappa shape index (κ2) is 7.66. The summed E-state index contributed by atoms with van der Waals surface area (Å²) in [6.45, 7) is 6.48. The van der Waals surface area contributed by atoms with Crippen molar-refractivity contribution in [2.45, 2.75) is 46.0 Å². The summed E-state index contributed by atoms with van der Waals surface area (Å²) in [4.78, 5) is 11.4. The van der Waals surface area contributed by atoms with E-state index in [0.717, 1.165) is 19.0 Å². The number of hydrogen-bond acceptors (Lipinski definition) is 2. The van der Waals surface area contributed by atoms with E-state index in [1.54, 1.807) is 0 Å². The molecule has 3 heteroatoms. The zero-order valence-electron chi connectivity index (χ0n) is 10.7. The fourth-order valence-electron chi connectivity index (χ4n) is 2.16. The van der Waals surface area contributed by atoms with E-state index in [9.17, 15) is 4.79 Å². The summed E-state index contributed by atoms with van der Waals surface area (Å²) in [6.07, 6.45) is 6.80. The molecule has 0 heterocycles. The van der Waals surface area contributed by atoms with Gasteiger partial charge in [0.2, 0.25) is 5.91 Å². The first-order chi connectivity index (χ1) is 7.68. The number of carbonyl (C=O) groups is 1. The molecule has 16 heavy (non-hydrogen) atoms. The van der Waals surface area contributed by atoms with Gasteiger partial charge in [0.15, 0.2) is 0 Å². The Labute approximate surface area is 99.4 Å². The number of amides is 1. The van der Waals surface area contributed by atoms with Gasteiger partial charge >= 0.3 is 0 Å². The maximum atomic E-state index is 11.4. The third-order valence-electron chi connectivity index (χ3n) is 3.15. The molecule has 0 aromatic heterocycles. The van der Waals surface area contributed by atoms with Crippen molar-refractivity contribution >= 4 is 5.91 Å². The van der Waals surface area contributed by atoms with Crippen LogP contribution in [0.2, 0.25) is 0 Å². The smallest absolute Gasteiger partial charge is 0.233 e. The molecule has 3 nitrogen and oxygen atoms in total. The van der Waals surface area contributed by atoms with Gasteiger partial charge in [-0.05, 0) is 31.2 Å². The van der Waals surface area contributed by atoms with Gasteiger partial charge in [-0.25, -0.2) is 0 Å². The molecule has 0 aromatic carbocycles. The lowest BCUT2D eigenvalue weighted by molar-refractivity contribution is -0.120. The Bertz CT molecular complexity index is 198. The van der Waals surface area contributed by atoms with E-state index in [1.807, 2.05) is 0 Å². The minimum absolute atomic E-state index is 0.129. The lowest BCUT2D eigenvalue weighted by Gasteiger charge is -2.21. The molecule has 1 amide bonds. The predicted octanol–water partition coefficient (Wildman–Crippen LogP) is 1.93. The van der Waals surface area contributed by atoms with Crippen LogP contribution < -0.4 is 10.6 Å². The number of carbonyl (C=O) groups excluding carboxylic acids is 1. The normalized spacial score (nSPS) is 17.7. The van der Waals surface area contributed by atoms with Crippen molar-refractivity contribution in [3.63, 3.8) is 0 Å². The largest absolute Gasteiger partial charge is 0.355 e. The molecular formula is C13H26N2O. The Morgan fingerprint density at radius 3 is 2.56 bits per heavy atom. The average molecular weight is 226 g/mol. The van der Waals surface area contributed by atoms with Crippen LogP contribution in [0.1, 0.15) is 46.0 Å². The van der Waals surface area contributed by atoms with E-state index in [2.05, 4.69) is 24.5 Å². The second-order valence-corrected chi connectivity index (χ2v) is 5.33. The van der Waals surface area contributed by atoms with Gasteiger partial charge in [0.05, 0.1) is 6.54 Å². The maximum Gasteiger partial charge on any atom is 0.233 e. The second-order valence-electron chi connectivity index (χ2n) is 5.33. The molecule has 94 valence electrons. The Morgan fingerprint density at radius 2 is 1.94 bits per heavy atom. The fourth-order valence-corrected chi connectivity index (χ4v) is 2.16. The van der Waals surface area contributed by atoms with Crippen LogP contribution in [0.3, 0.4) is 0 Å². The van der Waals surface area contributed by atoms with Crippen molar-refractivity contribution in [3.05, 3.63) is 0 Å². The highest BCUT2D eigenvalue weighted by Gasteiger charge is 2.13. The van der Waals surface area contributed by atoms with E-state index < -0.39 is 0 Å². The van der Waals surface area contributed by atoms with E-state index in [4.69, 9.17) is 0 Å².